The molecule has 2 heteroatoms. The average molecular weight is 261 g/mol. The molecule has 0 radical (unpaired) electrons. The molecule has 0 heterocycles. The predicted molar refractivity (Wildman–Crippen MR) is 41.5 cm³/mol. The summed E-state index contributed by atoms with van der Waals surface area (Å²) in [6, 6.07) is 10.2. The zero-order valence-electron chi connectivity index (χ0n) is 6.29. The van der Waals surface area contributed by atoms with Gasteiger partial charge in [0.05, 0.1) is 0 Å². The fraction of sp³-hybridized carbons (Fsp3) is 0.111. The third-order valence-corrected chi connectivity index (χ3v) is 3.72. The van der Waals surface area contributed by atoms with Crippen molar-refractivity contribution in [3.8, 4) is 0 Å². The molecule has 58 valence electrons. The summed E-state index contributed by atoms with van der Waals surface area (Å²) < 4.78 is 3.24. The summed E-state index contributed by atoms with van der Waals surface area (Å²) in [4.78, 5) is 0. The molecule has 11 heavy (non-hydrogen) atoms. The number of benzene rings is 1. The average Bonchev–Trinajstić information content (AvgIpc) is 2.03. The van der Waals surface area contributed by atoms with Gasteiger partial charge in [-0.15, -0.1) is 0 Å². The first-order chi connectivity index (χ1) is 5.29. The number of allylic oxidation sites excluding steroid dienone is 1. The van der Waals surface area contributed by atoms with Crippen molar-refractivity contribution in [2.24, 2.45) is 0 Å². The van der Waals surface area contributed by atoms with Gasteiger partial charge in [0.15, 0.2) is 7.65 Å². The maximum atomic E-state index is 8.90. The Bertz CT molecular complexity index is 237. The van der Waals surface area contributed by atoms with E-state index >= 15 is 0 Å². The van der Waals surface area contributed by atoms with E-state index in [1.807, 2.05) is 22.3 Å². The molecule has 0 unspecified atom stereocenters. The van der Waals surface area contributed by atoms with Crippen molar-refractivity contribution in [1.29, 1.82) is 0 Å². The van der Waals surface area contributed by atoms with Gasteiger partial charge in [-0.25, -0.2) is 0 Å². The van der Waals surface area contributed by atoms with Gasteiger partial charge in [-0.1, -0.05) is 18.2 Å². The summed E-state index contributed by atoms with van der Waals surface area (Å²) in [5.74, 6) is 0.432. The molecule has 0 aliphatic rings. The van der Waals surface area contributed by atoms with E-state index in [-0.39, 0.29) is 21.2 Å². The number of aliphatic hydroxyl groups excluding tert-OH is 1. The molecule has 0 saturated carbocycles. The monoisotopic (exact) mass is 261 g/mol. The van der Waals surface area contributed by atoms with Gasteiger partial charge in [0, 0.05) is 0 Å². The van der Waals surface area contributed by atoms with E-state index in [4.69, 9.17) is 5.11 Å². The number of aliphatic hydroxyl groups is 1. The van der Waals surface area contributed by atoms with E-state index < -0.39 is 0 Å². The molecule has 1 aromatic carbocycles. The van der Waals surface area contributed by atoms with E-state index in [9.17, 15) is 0 Å². The normalized spacial score (nSPS) is 11.5. The van der Waals surface area contributed by atoms with Crippen molar-refractivity contribution in [1.82, 2.24) is 0 Å². The van der Waals surface area contributed by atoms with E-state index in [1.54, 1.807) is 6.92 Å². The summed E-state index contributed by atoms with van der Waals surface area (Å²) in [5, 5.41) is 8.90. The Kier molecular flexibility index (Phi) is 3.42. The van der Waals surface area contributed by atoms with Crippen LogP contribution in [0, 0.1) is 3.57 Å². The van der Waals surface area contributed by atoms with Gasteiger partial charge in [-0.2, -0.15) is 0 Å². The van der Waals surface area contributed by atoms with Crippen LogP contribution in [0.3, 0.4) is 0 Å². The lowest BCUT2D eigenvalue weighted by molar-refractivity contribution is -0.558. The van der Waals surface area contributed by atoms with Crippen LogP contribution < -0.4 is 21.2 Å². The highest BCUT2D eigenvalue weighted by molar-refractivity contribution is 4.99. The van der Waals surface area contributed by atoms with E-state index in [0.29, 0.717) is 5.76 Å². The van der Waals surface area contributed by atoms with Gasteiger partial charge >= 0.3 is 21.2 Å². The van der Waals surface area contributed by atoms with E-state index in [0.717, 1.165) is 0 Å². The Morgan fingerprint density at radius 1 is 1.36 bits per heavy atom. The Balaban J connectivity index is 2.59. The second kappa shape index (κ2) is 4.38. The first kappa shape index (κ1) is 8.59. The molecule has 0 fully saturated rings. The SMILES string of the molecule is C/C(O)=C/[I+]c1ccccc1. The van der Waals surface area contributed by atoms with Crippen LogP contribution in [0.4, 0.5) is 0 Å². The molecule has 0 aliphatic carbocycles. The van der Waals surface area contributed by atoms with Crippen LogP contribution in [-0.4, -0.2) is 5.11 Å². The van der Waals surface area contributed by atoms with Crippen LogP contribution in [0.2, 0.25) is 0 Å². The van der Waals surface area contributed by atoms with Crippen molar-refractivity contribution in [3.63, 3.8) is 0 Å². The second-order valence-electron chi connectivity index (χ2n) is 2.16. The van der Waals surface area contributed by atoms with Crippen LogP contribution in [0.15, 0.2) is 40.2 Å². The predicted octanol–water partition coefficient (Wildman–Crippen LogP) is -0.635. The smallest absolute Gasteiger partial charge is 0.353 e. The molecule has 0 bridgehead atoms. The minimum Gasteiger partial charge on any atom is -0.509 e. The molecular formula is C9H10IO+. The Morgan fingerprint density at radius 2 is 2.00 bits per heavy atom. The standard InChI is InChI=1S/C9H9IO/c1-8(11)7-10-9-5-3-2-4-6-9/h2-7H,1H3/p+1/b8-7-. The second-order valence-corrected chi connectivity index (χ2v) is 4.65. The van der Waals surface area contributed by atoms with Crippen LogP contribution in [0.1, 0.15) is 6.92 Å². The third-order valence-electron chi connectivity index (χ3n) is 1.07. The number of halogens is 1. The molecular weight excluding hydrogens is 251 g/mol. The molecule has 1 rings (SSSR count). The van der Waals surface area contributed by atoms with Gasteiger partial charge in [0.25, 0.3) is 0 Å². The lowest BCUT2D eigenvalue weighted by Gasteiger charge is -1.80. The Labute approximate surface area is 77.0 Å². The fourth-order valence-corrected chi connectivity index (χ4v) is 2.27. The highest BCUT2D eigenvalue weighted by Gasteiger charge is 2.06. The minimum absolute atomic E-state index is 0.126. The first-order valence-corrected chi connectivity index (χ1v) is 5.65. The van der Waals surface area contributed by atoms with Crippen molar-refractivity contribution < 1.29 is 26.3 Å². The third kappa shape index (κ3) is 3.41. The molecule has 1 nitrogen and oxygen atoms in total. The lowest BCUT2D eigenvalue weighted by atomic mass is 10.4. The maximum Gasteiger partial charge on any atom is 0.353 e. The molecule has 0 aliphatic heterocycles. The topological polar surface area (TPSA) is 20.2 Å². The molecule has 0 atom stereocenters. The van der Waals surface area contributed by atoms with E-state index in [1.165, 1.54) is 3.57 Å². The van der Waals surface area contributed by atoms with Gasteiger partial charge in [0.2, 0.25) is 0 Å². The van der Waals surface area contributed by atoms with Crippen molar-refractivity contribution in [3.05, 3.63) is 43.7 Å². The molecule has 1 N–H and O–H groups in total. The summed E-state index contributed by atoms with van der Waals surface area (Å²) in [6.45, 7) is 1.71. The molecule has 0 spiro atoms. The maximum absolute atomic E-state index is 8.90. The Morgan fingerprint density at radius 3 is 2.55 bits per heavy atom. The summed E-state index contributed by atoms with van der Waals surface area (Å²) in [7, 11) is 0. The highest BCUT2D eigenvalue weighted by Crippen LogP contribution is 1.82. The first-order valence-electron chi connectivity index (χ1n) is 3.33. The largest absolute Gasteiger partial charge is 0.509 e. The van der Waals surface area contributed by atoms with Gasteiger partial charge in [-0.3, -0.25) is 0 Å². The lowest BCUT2D eigenvalue weighted by Crippen LogP contribution is -3.59. The molecule has 0 aromatic heterocycles. The molecule has 0 amide bonds. The van der Waals surface area contributed by atoms with Crippen LogP contribution in [-0.2, 0) is 0 Å². The van der Waals surface area contributed by atoms with Crippen LogP contribution in [0.25, 0.3) is 0 Å². The minimum atomic E-state index is -0.126. The molecule has 0 saturated heterocycles. The van der Waals surface area contributed by atoms with Crippen molar-refractivity contribution in [2.75, 3.05) is 0 Å². The number of hydrogen-bond donors (Lipinski definition) is 1. The van der Waals surface area contributed by atoms with Crippen molar-refractivity contribution in [2.45, 2.75) is 6.92 Å². The van der Waals surface area contributed by atoms with Crippen molar-refractivity contribution >= 4 is 0 Å². The van der Waals surface area contributed by atoms with Crippen LogP contribution in [0.5, 0.6) is 0 Å². The zero-order valence-corrected chi connectivity index (χ0v) is 8.45. The quantitative estimate of drug-likeness (QED) is 0.555. The Hall–Kier alpha value is -0.510. The van der Waals surface area contributed by atoms with E-state index in [2.05, 4.69) is 12.1 Å². The summed E-state index contributed by atoms with van der Waals surface area (Å²) in [5.41, 5.74) is 0. The fourth-order valence-electron chi connectivity index (χ4n) is 0.629. The summed E-state index contributed by atoms with van der Waals surface area (Å²) in [6.07, 6.45) is 0. The highest BCUT2D eigenvalue weighted by atomic mass is 127. The zero-order chi connectivity index (χ0) is 8.10. The van der Waals surface area contributed by atoms with Gasteiger partial charge in [-0.05, 0) is 19.1 Å². The number of hydrogen-bond acceptors (Lipinski definition) is 1. The number of rotatable bonds is 2. The van der Waals surface area contributed by atoms with Gasteiger partial charge in [0.1, 0.15) is 5.76 Å². The van der Waals surface area contributed by atoms with Crippen LogP contribution >= 0.6 is 0 Å². The molecule has 1 aromatic rings. The van der Waals surface area contributed by atoms with Gasteiger partial charge < -0.3 is 5.11 Å². The summed E-state index contributed by atoms with van der Waals surface area (Å²) >= 11 is -0.126.